The van der Waals surface area contributed by atoms with Gasteiger partial charge in [0, 0.05) is 18.8 Å². The van der Waals surface area contributed by atoms with E-state index in [-0.39, 0.29) is 17.6 Å². The molecule has 1 aromatic carbocycles. The molecule has 2 heterocycles. The minimum absolute atomic E-state index is 0.277. The molecule has 0 bridgehead atoms. The van der Waals surface area contributed by atoms with Crippen molar-refractivity contribution in [2.45, 2.75) is 6.04 Å². The fraction of sp³-hybridized carbons (Fsp3) is 0.231. The van der Waals surface area contributed by atoms with Crippen LogP contribution in [0.1, 0.15) is 22.1 Å². The summed E-state index contributed by atoms with van der Waals surface area (Å²) in [6.07, 6.45) is 1.64. The van der Waals surface area contributed by atoms with E-state index in [4.69, 9.17) is 5.26 Å². The zero-order valence-electron chi connectivity index (χ0n) is 10.6. The molecule has 0 radical (unpaired) electrons. The molecule has 0 saturated carbocycles. The van der Waals surface area contributed by atoms with Gasteiger partial charge in [-0.3, -0.25) is 4.79 Å². The fourth-order valence-electron chi connectivity index (χ4n) is 1.84. The Bertz CT molecular complexity index is 665. The molecule has 1 amide bonds. The maximum absolute atomic E-state index is 12.0. The number of anilines is 1. The van der Waals surface area contributed by atoms with Crippen LogP contribution in [0.3, 0.4) is 0 Å². The van der Waals surface area contributed by atoms with Crippen molar-refractivity contribution in [3.05, 3.63) is 41.7 Å². The number of nitriles is 1. The van der Waals surface area contributed by atoms with Crippen molar-refractivity contribution in [3.63, 3.8) is 0 Å². The quantitative estimate of drug-likeness (QED) is 0.847. The van der Waals surface area contributed by atoms with Gasteiger partial charge in [-0.15, -0.1) is 5.10 Å². The number of aromatic nitrogens is 3. The summed E-state index contributed by atoms with van der Waals surface area (Å²) >= 11 is 0. The Morgan fingerprint density at radius 1 is 1.40 bits per heavy atom. The second-order valence-corrected chi connectivity index (χ2v) is 4.54. The summed E-state index contributed by atoms with van der Waals surface area (Å²) in [6, 6.07) is 8.95. The molecule has 7 heteroatoms. The highest BCUT2D eigenvalue weighted by molar-refractivity contribution is 6.02. The lowest BCUT2D eigenvalue weighted by Crippen LogP contribution is -2.43. The predicted octanol–water partition coefficient (Wildman–Crippen LogP) is 0.546. The normalized spacial score (nSPS) is 14.3. The molecular weight excluding hydrogens is 256 g/mol. The van der Waals surface area contributed by atoms with E-state index in [2.05, 4.69) is 20.9 Å². The van der Waals surface area contributed by atoms with Crippen molar-refractivity contribution in [1.82, 2.24) is 20.3 Å². The average Bonchev–Trinajstić information content (AvgIpc) is 2.87. The number of hydrogen-bond donors (Lipinski definition) is 2. The lowest BCUT2D eigenvalue weighted by Gasteiger charge is -2.26. The van der Waals surface area contributed by atoms with Gasteiger partial charge in [-0.1, -0.05) is 5.21 Å². The van der Waals surface area contributed by atoms with Crippen molar-refractivity contribution in [2.24, 2.45) is 0 Å². The maximum Gasteiger partial charge on any atom is 0.277 e. The zero-order chi connectivity index (χ0) is 13.9. The molecule has 3 rings (SSSR count). The van der Waals surface area contributed by atoms with Crippen LogP contribution in [-0.4, -0.2) is 34.0 Å². The minimum atomic E-state index is -0.312. The van der Waals surface area contributed by atoms with Gasteiger partial charge in [-0.25, -0.2) is 4.68 Å². The van der Waals surface area contributed by atoms with E-state index in [0.29, 0.717) is 11.3 Å². The molecule has 0 atom stereocenters. The Kier molecular flexibility index (Phi) is 3.15. The van der Waals surface area contributed by atoms with E-state index in [9.17, 15) is 4.79 Å². The van der Waals surface area contributed by atoms with Crippen molar-refractivity contribution >= 4 is 11.6 Å². The van der Waals surface area contributed by atoms with Crippen LogP contribution >= 0.6 is 0 Å². The van der Waals surface area contributed by atoms with E-state index in [1.54, 1.807) is 35.1 Å². The Hall–Kier alpha value is -2.72. The van der Waals surface area contributed by atoms with Crippen LogP contribution in [0, 0.1) is 11.3 Å². The Morgan fingerprint density at radius 3 is 2.75 bits per heavy atom. The molecule has 1 aromatic heterocycles. The van der Waals surface area contributed by atoms with Crippen LogP contribution in [0.2, 0.25) is 0 Å². The molecule has 0 unspecified atom stereocenters. The molecule has 20 heavy (non-hydrogen) atoms. The summed E-state index contributed by atoms with van der Waals surface area (Å²) in [7, 11) is 0. The van der Waals surface area contributed by atoms with Gasteiger partial charge in [0.15, 0.2) is 5.69 Å². The number of amides is 1. The Labute approximate surface area is 115 Å². The van der Waals surface area contributed by atoms with Gasteiger partial charge in [0.2, 0.25) is 0 Å². The van der Waals surface area contributed by atoms with E-state index in [0.717, 1.165) is 13.1 Å². The molecule has 0 aliphatic carbocycles. The number of carbonyl (C=O) groups excluding carboxylic acids is 1. The first-order chi connectivity index (χ1) is 9.76. The standard InChI is InChI=1S/C13H12N6O/c14-5-9-1-3-10(4-2-9)16-13(20)12-8-19(18-17-12)11-6-15-7-11/h1-4,8,11,15H,6-7H2,(H,16,20). The number of carbonyl (C=O) groups is 1. The second kappa shape index (κ2) is 5.11. The maximum atomic E-state index is 12.0. The van der Waals surface area contributed by atoms with Crippen LogP contribution in [0.15, 0.2) is 30.5 Å². The smallest absolute Gasteiger partial charge is 0.277 e. The van der Waals surface area contributed by atoms with E-state index >= 15 is 0 Å². The molecule has 1 saturated heterocycles. The SMILES string of the molecule is N#Cc1ccc(NC(=O)c2cn(C3CNC3)nn2)cc1. The van der Waals surface area contributed by atoms with Crippen LogP contribution in [-0.2, 0) is 0 Å². The van der Waals surface area contributed by atoms with Crippen LogP contribution in [0.5, 0.6) is 0 Å². The molecule has 100 valence electrons. The van der Waals surface area contributed by atoms with Crippen molar-refractivity contribution in [1.29, 1.82) is 5.26 Å². The highest BCUT2D eigenvalue weighted by Gasteiger charge is 2.21. The third-order valence-electron chi connectivity index (χ3n) is 3.15. The molecule has 7 nitrogen and oxygen atoms in total. The third-order valence-corrected chi connectivity index (χ3v) is 3.15. The van der Waals surface area contributed by atoms with Gasteiger partial charge >= 0.3 is 0 Å². The van der Waals surface area contributed by atoms with Gasteiger partial charge in [0.25, 0.3) is 5.91 Å². The van der Waals surface area contributed by atoms with Gasteiger partial charge in [0.05, 0.1) is 23.9 Å². The molecule has 2 aromatic rings. The zero-order valence-corrected chi connectivity index (χ0v) is 10.6. The fourth-order valence-corrected chi connectivity index (χ4v) is 1.84. The van der Waals surface area contributed by atoms with Crippen molar-refractivity contribution < 1.29 is 4.79 Å². The largest absolute Gasteiger partial charge is 0.321 e. The van der Waals surface area contributed by atoms with Gasteiger partial charge in [0.1, 0.15) is 0 Å². The summed E-state index contributed by atoms with van der Waals surface area (Å²) in [4.78, 5) is 12.0. The lowest BCUT2D eigenvalue weighted by atomic mass is 10.2. The number of benzene rings is 1. The van der Waals surface area contributed by atoms with Gasteiger partial charge < -0.3 is 10.6 Å². The van der Waals surface area contributed by atoms with E-state index < -0.39 is 0 Å². The first-order valence-electron chi connectivity index (χ1n) is 6.20. The van der Waals surface area contributed by atoms with E-state index in [1.165, 1.54) is 0 Å². The summed E-state index contributed by atoms with van der Waals surface area (Å²) in [5.74, 6) is -0.312. The molecule has 2 N–H and O–H groups in total. The van der Waals surface area contributed by atoms with Gasteiger partial charge in [-0.05, 0) is 24.3 Å². The predicted molar refractivity (Wildman–Crippen MR) is 71.0 cm³/mol. The van der Waals surface area contributed by atoms with Crippen LogP contribution < -0.4 is 10.6 Å². The molecular formula is C13H12N6O. The first-order valence-corrected chi connectivity index (χ1v) is 6.20. The second-order valence-electron chi connectivity index (χ2n) is 4.54. The van der Waals surface area contributed by atoms with Crippen molar-refractivity contribution in [2.75, 3.05) is 18.4 Å². The topological polar surface area (TPSA) is 95.6 Å². The lowest BCUT2D eigenvalue weighted by molar-refractivity contribution is 0.102. The summed E-state index contributed by atoms with van der Waals surface area (Å²) in [5, 5.41) is 22.4. The molecule has 1 fully saturated rings. The number of hydrogen-bond acceptors (Lipinski definition) is 5. The molecule has 1 aliphatic heterocycles. The Morgan fingerprint density at radius 2 is 2.15 bits per heavy atom. The van der Waals surface area contributed by atoms with Crippen LogP contribution in [0.25, 0.3) is 0 Å². The van der Waals surface area contributed by atoms with E-state index in [1.807, 2.05) is 6.07 Å². The average molecular weight is 268 g/mol. The summed E-state index contributed by atoms with van der Waals surface area (Å²) in [6.45, 7) is 1.69. The monoisotopic (exact) mass is 268 g/mol. The summed E-state index contributed by atoms with van der Waals surface area (Å²) < 4.78 is 1.70. The highest BCUT2D eigenvalue weighted by atomic mass is 16.2. The number of nitrogens with one attached hydrogen (secondary N) is 2. The number of rotatable bonds is 3. The Balaban J connectivity index is 1.68. The third kappa shape index (κ3) is 2.37. The van der Waals surface area contributed by atoms with Crippen LogP contribution in [0.4, 0.5) is 5.69 Å². The first kappa shape index (κ1) is 12.3. The van der Waals surface area contributed by atoms with Gasteiger partial charge in [-0.2, -0.15) is 5.26 Å². The molecule has 1 aliphatic rings. The number of nitrogens with zero attached hydrogens (tertiary/aromatic N) is 4. The highest BCUT2D eigenvalue weighted by Crippen LogP contribution is 2.12. The van der Waals surface area contributed by atoms with Crippen molar-refractivity contribution in [3.8, 4) is 6.07 Å². The molecule has 0 spiro atoms. The minimum Gasteiger partial charge on any atom is -0.321 e. The summed E-state index contributed by atoms with van der Waals surface area (Å²) in [5.41, 5.74) is 1.45.